The number of carbonyl (C=O) groups excluding carboxylic acids is 2. The number of aryl methyl sites for hydroxylation is 1. The Bertz CT molecular complexity index is 1270. The van der Waals surface area contributed by atoms with Crippen LogP contribution in [0.3, 0.4) is 0 Å². The molecule has 0 bridgehead atoms. The molecule has 0 fully saturated rings. The van der Waals surface area contributed by atoms with Gasteiger partial charge in [0.1, 0.15) is 5.75 Å². The second-order valence-corrected chi connectivity index (χ2v) is 7.80. The molecule has 0 aromatic heterocycles. The first-order chi connectivity index (χ1) is 15.9. The first kappa shape index (κ1) is 22.1. The van der Waals surface area contributed by atoms with Crippen LogP contribution in [0.15, 0.2) is 54.6 Å². The summed E-state index contributed by atoms with van der Waals surface area (Å²) in [4.78, 5) is 35.9. The van der Waals surface area contributed by atoms with E-state index in [1.165, 1.54) is 7.11 Å². The van der Waals surface area contributed by atoms with Gasteiger partial charge in [-0.05, 0) is 59.5 Å². The van der Waals surface area contributed by atoms with Crippen molar-refractivity contribution in [3.63, 3.8) is 0 Å². The lowest BCUT2D eigenvalue weighted by Crippen LogP contribution is -2.11. The summed E-state index contributed by atoms with van der Waals surface area (Å²) < 4.78 is 5.44. The SMILES string of the molecule is CCC(=O)c1ccc(-c2ccc3c(c2)Nc2ccc(CCC(=O)O)cc2NC3=O)cc1OC. The van der Waals surface area contributed by atoms with Crippen LogP contribution < -0.4 is 15.4 Å². The second kappa shape index (κ2) is 9.16. The minimum atomic E-state index is -0.865. The molecule has 0 aliphatic carbocycles. The highest BCUT2D eigenvalue weighted by molar-refractivity contribution is 6.12. The first-order valence-corrected chi connectivity index (χ1v) is 10.7. The van der Waals surface area contributed by atoms with Gasteiger partial charge in [0, 0.05) is 12.8 Å². The van der Waals surface area contributed by atoms with Gasteiger partial charge in [-0.3, -0.25) is 14.4 Å². The van der Waals surface area contributed by atoms with Crippen LogP contribution in [0.1, 0.15) is 46.0 Å². The molecule has 0 spiro atoms. The number of hydrogen-bond donors (Lipinski definition) is 3. The average molecular weight is 444 g/mol. The Morgan fingerprint density at radius 2 is 1.67 bits per heavy atom. The van der Waals surface area contributed by atoms with E-state index in [1.54, 1.807) is 18.2 Å². The number of aliphatic carboxylic acids is 1. The molecule has 4 rings (SSSR count). The summed E-state index contributed by atoms with van der Waals surface area (Å²) in [7, 11) is 1.54. The lowest BCUT2D eigenvalue weighted by atomic mass is 9.98. The molecule has 0 saturated heterocycles. The van der Waals surface area contributed by atoms with Crippen LogP contribution in [0.25, 0.3) is 11.1 Å². The summed E-state index contributed by atoms with van der Waals surface area (Å²) in [6, 6.07) is 16.4. The number of nitrogens with one attached hydrogen (secondary N) is 2. The van der Waals surface area contributed by atoms with Gasteiger partial charge >= 0.3 is 5.97 Å². The van der Waals surface area contributed by atoms with Gasteiger partial charge in [-0.1, -0.05) is 25.1 Å². The van der Waals surface area contributed by atoms with Crippen LogP contribution >= 0.6 is 0 Å². The minimum Gasteiger partial charge on any atom is -0.496 e. The van der Waals surface area contributed by atoms with Crippen molar-refractivity contribution < 1.29 is 24.2 Å². The molecule has 3 aromatic rings. The third kappa shape index (κ3) is 4.57. The summed E-state index contributed by atoms with van der Waals surface area (Å²) in [5, 5.41) is 15.1. The normalized spacial score (nSPS) is 12.0. The van der Waals surface area contributed by atoms with Crippen LogP contribution in [-0.4, -0.2) is 29.9 Å². The topological polar surface area (TPSA) is 105 Å². The zero-order chi connectivity index (χ0) is 23.5. The smallest absolute Gasteiger partial charge is 0.303 e. The number of Topliss-reactive ketones (excluding diaryl/α,β-unsaturated/α-hetero) is 1. The number of rotatable bonds is 7. The highest BCUT2D eigenvalue weighted by Gasteiger charge is 2.20. The van der Waals surface area contributed by atoms with E-state index < -0.39 is 5.97 Å². The van der Waals surface area contributed by atoms with E-state index in [1.807, 2.05) is 43.3 Å². The number of carboxylic acids is 1. The van der Waals surface area contributed by atoms with Gasteiger partial charge in [0.15, 0.2) is 5.78 Å². The van der Waals surface area contributed by atoms with Gasteiger partial charge in [-0.25, -0.2) is 0 Å². The predicted molar refractivity (Wildman–Crippen MR) is 127 cm³/mol. The molecule has 3 aromatic carbocycles. The third-order valence-corrected chi connectivity index (χ3v) is 5.65. The van der Waals surface area contributed by atoms with E-state index >= 15 is 0 Å². The van der Waals surface area contributed by atoms with Crippen molar-refractivity contribution >= 4 is 34.7 Å². The number of fused-ring (bicyclic) bond motifs is 2. The number of ether oxygens (including phenoxy) is 1. The Labute approximate surface area is 191 Å². The average Bonchev–Trinajstić information content (AvgIpc) is 2.96. The molecule has 0 radical (unpaired) electrons. The lowest BCUT2D eigenvalue weighted by molar-refractivity contribution is -0.136. The Morgan fingerprint density at radius 3 is 2.39 bits per heavy atom. The zero-order valence-corrected chi connectivity index (χ0v) is 18.4. The Kier molecular flexibility index (Phi) is 6.13. The summed E-state index contributed by atoms with van der Waals surface area (Å²) >= 11 is 0. The van der Waals surface area contributed by atoms with E-state index in [0.29, 0.717) is 41.1 Å². The van der Waals surface area contributed by atoms with E-state index in [-0.39, 0.29) is 18.1 Å². The van der Waals surface area contributed by atoms with Crippen LogP contribution in [0.4, 0.5) is 17.1 Å². The molecule has 3 N–H and O–H groups in total. The Balaban J connectivity index is 1.68. The molecule has 7 nitrogen and oxygen atoms in total. The van der Waals surface area contributed by atoms with Crippen LogP contribution in [-0.2, 0) is 11.2 Å². The van der Waals surface area contributed by atoms with Crippen molar-refractivity contribution in [1.82, 2.24) is 0 Å². The van der Waals surface area contributed by atoms with E-state index in [4.69, 9.17) is 9.84 Å². The number of benzene rings is 3. The maximum atomic E-state index is 12.8. The van der Waals surface area contributed by atoms with Gasteiger partial charge < -0.3 is 20.5 Å². The van der Waals surface area contributed by atoms with Crippen molar-refractivity contribution in [3.8, 4) is 16.9 Å². The minimum absolute atomic E-state index is 0.0120. The van der Waals surface area contributed by atoms with Crippen LogP contribution in [0.5, 0.6) is 5.75 Å². The predicted octanol–water partition coefficient (Wildman–Crippen LogP) is 5.28. The van der Waals surface area contributed by atoms with Crippen LogP contribution in [0, 0.1) is 0 Å². The molecule has 1 amide bonds. The number of hydrogen-bond acceptors (Lipinski definition) is 5. The lowest BCUT2D eigenvalue weighted by Gasteiger charge is -2.13. The van der Waals surface area contributed by atoms with Crippen molar-refractivity contribution in [2.45, 2.75) is 26.2 Å². The van der Waals surface area contributed by atoms with E-state index in [0.717, 1.165) is 22.4 Å². The van der Waals surface area contributed by atoms with Gasteiger partial charge in [-0.15, -0.1) is 0 Å². The number of carboxylic acid groups (broad SMARTS) is 1. The molecular weight excluding hydrogens is 420 g/mol. The fourth-order valence-corrected chi connectivity index (χ4v) is 3.86. The van der Waals surface area contributed by atoms with Gasteiger partial charge in [0.2, 0.25) is 0 Å². The van der Waals surface area contributed by atoms with Gasteiger partial charge in [0.25, 0.3) is 5.91 Å². The van der Waals surface area contributed by atoms with Crippen molar-refractivity contribution in [1.29, 1.82) is 0 Å². The summed E-state index contributed by atoms with van der Waals surface area (Å²) in [5.74, 6) is -0.590. The Morgan fingerprint density at radius 1 is 0.909 bits per heavy atom. The number of carbonyl (C=O) groups is 3. The quantitative estimate of drug-likeness (QED) is 0.428. The number of amides is 1. The molecule has 0 atom stereocenters. The molecule has 33 heavy (non-hydrogen) atoms. The molecule has 1 aliphatic heterocycles. The number of anilines is 3. The van der Waals surface area contributed by atoms with Crippen LogP contribution in [0.2, 0.25) is 0 Å². The van der Waals surface area contributed by atoms with Gasteiger partial charge in [0.05, 0.1) is 35.3 Å². The van der Waals surface area contributed by atoms with Crippen molar-refractivity contribution in [3.05, 3.63) is 71.3 Å². The maximum Gasteiger partial charge on any atom is 0.303 e. The molecule has 1 aliphatic rings. The number of methoxy groups -OCH3 is 1. The fraction of sp³-hybridized carbons (Fsp3) is 0.192. The third-order valence-electron chi connectivity index (χ3n) is 5.65. The van der Waals surface area contributed by atoms with Crippen molar-refractivity contribution in [2.24, 2.45) is 0 Å². The fourth-order valence-electron chi connectivity index (χ4n) is 3.86. The molecular formula is C26H24N2O5. The standard InChI is InChI=1S/C26H24N2O5/c1-3-23(29)19-9-7-17(14-24(19)33-2)16-6-8-18-21(13-16)27-20-10-4-15(5-11-25(30)31)12-22(20)28-26(18)32/h4,6-10,12-14,27H,3,5,11H2,1-2H3,(H,28,32)(H,30,31). The summed E-state index contributed by atoms with van der Waals surface area (Å²) in [6.07, 6.45) is 0.800. The summed E-state index contributed by atoms with van der Waals surface area (Å²) in [5.41, 5.74) is 5.57. The molecule has 0 saturated carbocycles. The van der Waals surface area contributed by atoms with Crippen molar-refractivity contribution in [2.75, 3.05) is 17.7 Å². The summed E-state index contributed by atoms with van der Waals surface area (Å²) in [6.45, 7) is 1.81. The highest BCUT2D eigenvalue weighted by Crippen LogP contribution is 2.36. The van der Waals surface area contributed by atoms with Gasteiger partial charge in [-0.2, -0.15) is 0 Å². The maximum absolute atomic E-state index is 12.8. The second-order valence-electron chi connectivity index (χ2n) is 7.80. The highest BCUT2D eigenvalue weighted by atomic mass is 16.5. The molecule has 0 unspecified atom stereocenters. The molecule has 7 heteroatoms. The number of ketones is 1. The van der Waals surface area contributed by atoms with E-state index in [2.05, 4.69) is 10.6 Å². The zero-order valence-electron chi connectivity index (χ0n) is 18.4. The monoisotopic (exact) mass is 444 g/mol. The molecule has 1 heterocycles. The molecule has 168 valence electrons. The largest absolute Gasteiger partial charge is 0.496 e. The first-order valence-electron chi connectivity index (χ1n) is 10.7. The van der Waals surface area contributed by atoms with E-state index in [9.17, 15) is 14.4 Å². The Hall–Kier alpha value is -4.13.